The van der Waals surface area contributed by atoms with E-state index >= 15 is 0 Å². The predicted molar refractivity (Wildman–Crippen MR) is 49.7 cm³/mol. The summed E-state index contributed by atoms with van der Waals surface area (Å²) in [5.41, 5.74) is 6.35. The number of halogens is 2. The number of alkyl halides is 2. The fourth-order valence-electron chi connectivity index (χ4n) is 1.16. The Balaban J connectivity index is 3.10. The molecule has 0 unspecified atom stereocenters. The molecule has 3 heteroatoms. The van der Waals surface area contributed by atoms with Gasteiger partial charge in [0.05, 0.1) is 0 Å². The van der Waals surface area contributed by atoms with Gasteiger partial charge in [-0.25, -0.2) is 8.78 Å². The number of benzene rings is 1. The van der Waals surface area contributed by atoms with E-state index in [1.807, 2.05) is 0 Å². The lowest BCUT2D eigenvalue weighted by Gasteiger charge is -2.07. The van der Waals surface area contributed by atoms with Crippen LogP contribution in [0.4, 0.5) is 14.5 Å². The van der Waals surface area contributed by atoms with E-state index in [0.29, 0.717) is 17.7 Å². The number of rotatable bonds is 3. The van der Waals surface area contributed by atoms with Gasteiger partial charge in [0, 0.05) is 11.3 Å². The monoisotopic (exact) mass is 183 g/mol. The molecule has 0 aliphatic carbocycles. The van der Waals surface area contributed by atoms with Crippen LogP contribution in [0.3, 0.4) is 0 Å². The molecule has 0 saturated carbocycles. The zero-order chi connectivity index (χ0) is 9.84. The van der Waals surface area contributed by atoms with Gasteiger partial charge in [-0.05, 0) is 24.1 Å². The van der Waals surface area contributed by atoms with Crippen molar-refractivity contribution in [2.75, 3.05) is 5.73 Å². The van der Waals surface area contributed by atoms with Crippen molar-refractivity contribution in [3.8, 4) is 0 Å². The Morgan fingerprint density at radius 1 is 1.46 bits per heavy atom. The minimum Gasteiger partial charge on any atom is -0.399 e. The third-order valence-electron chi connectivity index (χ3n) is 1.77. The molecule has 1 rings (SSSR count). The van der Waals surface area contributed by atoms with Crippen LogP contribution in [0.1, 0.15) is 17.6 Å². The molecule has 0 aliphatic rings. The zero-order valence-corrected chi connectivity index (χ0v) is 7.13. The molecule has 0 aromatic heterocycles. The molecule has 0 fully saturated rings. The van der Waals surface area contributed by atoms with E-state index in [1.54, 1.807) is 18.2 Å². The highest BCUT2D eigenvalue weighted by molar-refractivity contribution is 5.45. The van der Waals surface area contributed by atoms with Crippen LogP contribution < -0.4 is 5.73 Å². The van der Waals surface area contributed by atoms with Gasteiger partial charge in [-0.2, -0.15) is 0 Å². The molecule has 0 amide bonds. The van der Waals surface area contributed by atoms with Crippen LogP contribution in [-0.4, -0.2) is 0 Å². The minimum atomic E-state index is -2.47. The molecular formula is C10H11F2N. The Labute approximate surface area is 75.9 Å². The average molecular weight is 183 g/mol. The van der Waals surface area contributed by atoms with Crippen LogP contribution in [0.25, 0.3) is 0 Å². The first-order valence-corrected chi connectivity index (χ1v) is 3.92. The lowest BCUT2D eigenvalue weighted by atomic mass is 10.0. The Hall–Kier alpha value is -1.38. The molecule has 0 spiro atoms. The molecule has 1 nitrogen and oxygen atoms in total. The highest BCUT2D eigenvalue weighted by Crippen LogP contribution is 2.25. The first kappa shape index (κ1) is 9.71. The number of nitrogens with two attached hydrogens (primary N) is 1. The Morgan fingerprint density at radius 3 is 2.69 bits per heavy atom. The van der Waals surface area contributed by atoms with Gasteiger partial charge in [0.1, 0.15) is 0 Å². The van der Waals surface area contributed by atoms with Crippen LogP contribution >= 0.6 is 0 Å². The second-order valence-electron chi connectivity index (χ2n) is 2.75. The number of nitrogen functional groups attached to an aromatic ring is 1. The molecule has 0 heterocycles. The van der Waals surface area contributed by atoms with Crippen molar-refractivity contribution in [1.82, 2.24) is 0 Å². The van der Waals surface area contributed by atoms with Gasteiger partial charge in [-0.15, -0.1) is 6.58 Å². The maximum absolute atomic E-state index is 12.4. The van der Waals surface area contributed by atoms with Gasteiger partial charge in [-0.1, -0.05) is 12.1 Å². The van der Waals surface area contributed by atoms with Gasteiger partial charge >= 0.3 is 0 Å². The number of allylic oxidation sites excluding steroid dienone is 1. The zero-order valence-electron chi connectivity index (χ0n) is 7.13. The van der Waals surface area contributed by atoms with E-state index < -0.39 is 6.43 Å². The van der Waals surface area contributed by atoms with Crippen LogP contribution in [-0.2, 0) is 6.42 Å². The smallest absolute Gasteiger partial charge is 0.264 e. The summed E-state index contributed by atoms with van der Waals surface area (Å²) in [7, 11) is 0. The van der Waals surface area contributed by atoms with E-state index in [4.69, 9.17) is 5.73 Å². The van der Waals surface area contributed by atoms with Crippen LogP contribution in [0.5, 0.6) is 0 Å². The summed E-state index contributed by atoms with van der Waals surface area (Å²) >= 11 is 0. The second-order valence-corrected chi connectivity index (χ2v) is 2.75. The van der Waals surface area contributed by atoms with Gasteiger partial charge in [-0.3, -0.25) is 0 Å². The molecular weight excluding hydrogens is 172 g/mol. The van der Waals surface area contributed by atoms with Crippen molar-refractivity contribution in [2.45, 2.75) is 12.8 Å². The Bertz CT molecular complexity index is 308. The molecule has 0 atom stereocenters. The summed E-state index contributed by atoms with van der Waals surface area (Å²) in [5.74, 6) is 0. The number of hydrogen-bond acceptors (Lipinski definition) is 1. The molecule has 0 bridgehead atoms. The fraction of sp³-hybridized carbons (Fsp3) is 0.200. The van der Waals surface area contributed by atoms with Gasteiger partial charge in [0.2, 0.25) is 0 Å². The molecule has 0 aliphatic heterocycles. The van der Waals surface area contributed by atoms with Crippen LogP contribution in [0.15, 0.2) is 30.9 Å². The number of hydrogen-bond donors (Lipinski definition) is 1. The third-order valence-corrected chi connectivity index (χ3v) is 1.77. The lowest BCUT2D eigenvalue weighted by Crippen LogP contribution is -1.96. The molecule has 13 heavy (non-hydrogen) atoms. The first-order valence-electron chi connectivity index (χ1n) is 3.92. The van der Waals surface area contributed by atoms with Crippen LogP contribution in [0, 0.1) is 0 Å². The molecule has 1 aromatic rings. The van der Waals surface area contributed by atoms with Crippen molar-refractivity contribution in [3.05, 3.63) is 42.0 Å². The predicted octanol–water partition coefficient (Wildman–Crippen LogP) is 2.93. The fourth-order valence-corrected chi connectivity index (χ4v) is 1.16. The first-order chi connectivity index (χ1) is 6.15. The SMILES string of the molecule is C=CCc1ccc(N)cc1C(F)F. The average Bonchev–Trinajstić information content (AvgIpc) is 2.08. The maximum Gasteiger partial charge on any atom is 0.264 e. The van der Waals surface area contributed by atoms with E-state index in [1.165, 1.54) is 6.07 Å². The maximum atomic E-state index is 12.4. The second kappa shape index (κ2) is 4.03. The molecule has 70 valence electrons. The molecule has 0 saturated heterocycles. The molecule has 2 N–H and O–H groups in total. The van der Waals surface area contributed by atoms with Gasteiger partial charge in [0.15, 0.2) is 0 Å². The van der Waals surface area contributed by atoms with Crippen molar-refractivity contribution in [3.63, 3.8) is 0 Å². The van der Waals surface area contributed by atoms with Crippen molar-refractivity contribution < 1.29 is 8.78 Å². The Morgan fingerprint density at radius 2 is 2.15 bits per heavy atom. The van der Waals surface area contributed by atoms with Gasteiger partial charge in [0.25, 0.3) is 6.43 Å². The summed E-state index contributed by atoms with van der Waals surface area (Å²) in [6.07, 6.45) is -0.435. The van der Waals surface area contributed by atoms with Crippen molar-refractivity contribution >= 4 is 5.69 Å². The molecule has 1 aromatic carbocycles. The third kappa shape index (κ3) is 2.28. The van der Waals surface area contributed by atoms with Gasteiger partial charge < -0.3 is 5.73 Å². The number of anilines is 1. The highest BCUT2D eigenvalue weighted by Gasteiger charge is 2.11. The summed E-state index contributed by atoms with van der Waals surface area (Å²) < 4.78 is 24.9. The quantitative estimate of drug-likeness (QED) is 0.565. The highest BCUT2D eigenvalue weighted by atomic mass is 19.3. The minimum absolute atomic E-state index is 0.0000926. The van der Waals surface area contributed by atoms with E-state index in [2.05, 4.69) is 6.58 Å². The summed E-state index contributed by atoms with van der Waals surface area (Å²) in [4.78, 5) is 0. The summed E-state index contributed by atoms with van der Waals surface area (Å²) in [5, 5.41) is 0. The van der Waals surface area contributed by atoms with E-state index in [-0.39, 0.29) is 5.56 Å². The van der Waals surface area contributed by atoms with Crippen molar-refractivity contribution in [2.24, 2.45) is 0 Å². The Kier molecular flexibility index (Phi) is 3.01. The largest absolute Gasteiger partial charge is 0.399 e. The summed E-state index contributed by atoms with van der Waals surface area (Å²) in [6, 6.07) is 4.53. The lowest BCUT2D eigenvalue weighted by molar-refractivity contribution is 0.150. The summed E-state index contributed by atoms with van der Waals surface area (Å²) in [6.45, 7) is 3.50. The van der Waals surface area contributed by atoms with Crippen molar-refractivity contribution in [1.29, 1.82) is 0 Å². The van der Waals surface area contributed by atoms with E-state index in [9.17, 15) is 8.78 Å². The molecule has 0 radical (unpaired) electrons. The van der Waals surface area contributed by atoms with Crippen LogP contribution in [0.2, 0.25) is 0 Å². The normalized spacial score (nSPS) is 10.4. The standard InChI is InChI=1S/C10H11F2N/c1-2-3-7-4-5-8(13)6-9(7)10(11)12/h2,4-6,10H,1,3,13H2. The van der Waals surface area contributed by atoms with E-state index in [0.717, 1.165) is 0 Å². The topological polar surface area (TPSA) is 26.0 Å².